The molecule has 0 saturated heterocycles. The lowest BCUT2D eigenvalue weighted by Gasteiger charge is -2.28. The number of nitrogens with one attached hydrogen (secondary N) is 1. The van der Waals surface area contributed by atoms with Crippen LogP contribution in [-0.2, 0) is 6.61 Å². The second-order valence-electron chi connectivity index (χ2n) is 4.97. The van der Waals surface area contributed by atoms with Crippen LogP contribution < -0.4 is 10.1 Å². The van der Waals surface area contributed by atoms with Crippen molar-refractivity contribution in [3.05, 3.63) is 29.8 Å². The minimum atomic E-state index is -0.241. The van der Waals surface area contributed by atoms with Crippen LogP contribution in [0.25, 0.3) is 0 Å². The number of likely N-dealkylation sites (N-methyl/N-ethyl adjacent to an activating group) is 1. The summed E-state index contributed by atoms with van der Waals surface area (Å²) in [6.45, 7) is 5.57. The summed E-state index contributed by atoms with van der Waals surface area (Å²) in [7, 11) is 0. The van der Waals surface area contributed by atoms with Crippen molar-refractivity contribution >= 4 is 0 Å². The second kappa shape index (κ2) is 8.15. The lowest BCUT2D eigenvalue weighted by atomic mass is 9.97. The maximum Gasteiger partial charge on any atom is 0.124 e. The van der Waals surface area contributed by atoms with E-state index in [1.165, 1.54) is 0 Å². The zero-order valence-electron chi connectivity index (χ0n) is 11.9. The van der Waals surface area contributed by atoms with Gasteiger partial charge in [-0.1, -0.05) is 25.1 Å². The Balaban J connectivity index is 2.38. The van der Waals surface area contributed by atoms with Crippen LogP contribution in [0, 0.1) is 0 Å². The van der Waals surface area contributed by atoms with Gasteiger partial charge < -0.3 is 20.3 Å². The molecule has 0 aliphatic heterocycles. The maximum atomic E-state index is 9.38. The number of aliphatic hydroxyl groups is 2. The molecule has 108 valence electrons. The van der Waals surface area contributed by atoms with Crippen molar-refractivity contribution in [1.29, 1.82) is 0 Å². The summed E-state index contributed by atoms with van der Waals surface area (Å²) in [4.78, 5) is 0. The van der Waals surface area contributed by atoms with Crippen LogP contribution >= 0.6 is 0 Å². The molecule has 0 aliphatic carbocycles. The van der Waals surface area contributed by atoms with E-state index in [9.17, 15) is 10.2 Å². The van der Waals surface area contributed by atoms with E-state index < -0.39 is 0 Å². The third kappa shape index (κ3) is 5.19. The van der Waals surface area contributed by atoms with Crippen molar-refractivity contribution in [3.63, 3.8) is 0 Å². The fourth-order valence-corrected chi connectivity index (χ4v) is 2.07. The Labute approximate surface area is 115 Å². The summed E-state index contributed by atoms with van der Waals surface area (Å²) >= 11 is 0. The molecule has 0 aliphatic rings. The minimum absolute atomic E-state index is 0.0120. The molecular formula is C15H25NO3. The number of rotatable bonds is 9. The Kier molecular flexibility index (Phi) is 6.84. The molecule has 1 atom stereocenters. The van der Waals surface area contributed by atoms with Gasteiger partial charge in [-0.25, -0.2) is 0 Å². The van der Waals surface area contributed by atoms with Crippen LogP contribution in [0.4, 0.5) is 0 Å². The molecule has 1 aromatic carbocycles. The van der Waals surface area contributed by atoms with Gasteiger partial charge in [0.05, 0.1) is 19.8 Å². The van der Waals surface area contributed by atoms with Gasteiger partial charge in [0, 0.05) is 11.1 Å². The van der Waals surface area contributed by atoms with Gasteiger partial charge >= 0.3 is 0 Å². The highest BCUT2D eigenvalue weighted by atomic mass is 16.5. The van der Waals surface area contributed by atoms with Crippen LogP contribution in [0.3, 0.4) is 0 Å². The van der Waals surface area contributed by atoms with Gasteiger partial charge in [-0.15, -0.1) is 0 Å². The van der Waals surface area contributed by atoms with Crippen molar-refractivity contribution in [2.75, 3.05) is 19.8 Å². The molecule has 0 aromatic heterocycles. The highest BCUT2D eigenvalue weighted by Gasteiger charge is 2.21. The standard InChI is InChI=1S/C15H25NO3/c1-3-16-15(2,12-18)9-6-10-19-14-8-5-4-7-13(14)11-17/h4-5,7-8,16-18H,3,6,9-12H2,1-2H3. The molecular weight excluding hydrogens is 242 g/mol. The predicted molar refractivity (Wildman–Crippen MR) is 76.3 cm³/mol. The first-order valence-corrected chi connectivity index (χ1v) is 6.82. The lowest BCUT2D eigenvalue weighted by Crippen LogP contribution is -2.45. The van der Waals surface area contributed by atoms with E-state index in [2.05, 4.69) is 5.32 Å². The first-order valence-electron chi connectivity index (χ1n) is 6.82. The van der Waals surface area contributed by atoms with Gasteiger partial charge in [0.15, 0.2) is 0 Å². The SMILES string of the molecule is CCNC(C)(CO)CCCOc1ccccc1CO. The number of hydrogen-bond acceptors (Lipinski definition) is 4. The minimum Gasteiger partial charge on any atom is -0.493 e. The molecule has 0 fully saturated rings. The maximum absolute atomic E-state index is 9.38. The van der Waals surface area contributed by atoms with Crippen LogP contribution in [0.1, 0.15) is 32.3 Å². The Hall–Kier alpha value is -1.10. The van der Waals surface area contributed by atoms with Gasteiger partial charge in [-0.05, 0) is 32.4 Å². The molecule has 1 rings (SSSR count). The largest absolute Gasteiger partial charge is 0.493 e. The zero-order chi connectivity index (χ0) is 14.1. The first-order chi connectivity index (χ1) is 9.15. The van der Waals surface area contributed by atoms with Crippen LogP contribution in [0.2, 0.25) is 0 Å². The lowest BCUT2D eigenvalue weighted by molar-refractivity contribution is 0.157. The summed E-state index contributed by atoms with van der Waals surface area (Å²) in [6, 6.07) is 7.49. The fourth-order valence-electron chi connectivity index (χ4n) is 2.07. The molecule has 4 nitrogen and oxygen atoms in total. The van der Waals surface area contributed by atoms with E-state index in [4.69, 9.17) is 4.74 Å². The molecule has 4 heteroatoms. The van der Waals surface area contributed by atoms with Crippen LogP contribution in [-0.4, -0.2) is 35.5 Å². The van der Waals surface area contributed by atoms with Crippen molar-refractivity contribution < 1.29 is 14.9 Å². The molecule has 19 heavy (non-hydrogen) atoms. The quantitative estimate of drug-likeness (QED) is 0.596. The number of hydrogen-bond donors (Lipinski definition) is 3. The van der Waals surface area contributed by atoms with Gasteiger partial charge in [0.25, 0.3) is 0 Å². The molecule has 0 saturated carbocycles. The van der Waals surface area contributed by atoms with Crippen molar-refractivity contribution in [1.82, 2.24) is 5.32 Å². The fraction of sp³-hybridized carbons (Fsp3) is 0.600. The first kappa shape index (κ1) is 16.0. The van der Waals surface area contributed by atoms with Crippen LogP contribution in [0.15, 0.2) is 24.3 Å². The highest BCUT2D eigenvalue weighted by Crippen LogP contribution is 2.19. The van der Waals surface area contributed by atoms with E-state index in [1.54, 1.807) is 0 Å². The number of benzene rings is 1. The molecule has 0 heterocycles. The molecule has 3 N–H and O–H groups in total. The molecule has 0 amide bonds. The molecule has 0 radical (unpaired) electrons. The molecule has 1 unspecified atom stereocenters. The number of ether oxygens (including phenoxy) is 1. The molecule has 0 spiro atoms. The molecule has 1 aromatic rings. The number of aliphatic hydroxyl groups excluding tert-OH is 2. The Bertz CT molecular complexity index is 370. The van der Waals surface area contributed by atoms with E-state index in [1.807, 2.05) is 38.1 Å². The average Bonchev–Trinajstić information content (AvgIpc) is 2.44. The summed E-state index contributed by atoms with van der Waals surface area (Å²) in [5, 5.41) is 21.9. The smallest absolute Gasteiger partial charge is 0.124 e. The zero-order valence-corrected chi connectivity index (χ0v) is 11.9. The van der Waals surface area contributed by atoms with Gasteiger partial charge in [-0.3, -0.25) is 0 Å². The summed E-state index contributed by atoms with van der Waals surface area (Å²) in [5.74, 6) is 0.735. The van der Waals surface area contributed by atoms with Crippen molar-refractivity contribution in [2.45, 2.75) is 38.8 Å². The Morgan fingerprint density at radius 1 is 1.26 bits per heavy atom. The topological polar surface area (TPSA) is 61.7 Å². The monoisotopic (exact) mass is 267 g/mol. The normalized spacial score (nSPS) is 14.1. The van der Waals surface area contributed by atoms with Crippen molar-refractivity contribution in [2.24, 2.45) is 0 Å². The van der Waals surface area contributed by atoms with E-state index in [-0.39, 0.29) is 18.8 Å². The van der Waals surface area contributed by atoms with E-state index >= 15 is 0 Å². The summed E-state index contributed by atoms with van der Waals surface area (Å²) in [6.07, 6.45) is 1.70. The number of para-hydroxylation sites is 1. The average molecular weight is 267 g/mol. The molecule has 0 bridgehead atoms. The summed E-state index contributed by atoms with van der Waals surface area (Å²) < 4.78 is 5.68. The van der Waals surface area contributed by atoms with Crippen LogP contribution in [0.5, 0.6) is 5.75 Å². The third-order valence-electron chi connectivity index (χ3n) is 3.23. The van der Waals surface area contributed by atoms with Gasteiger partial charge in [0.2, 0.25) is 0 Å². The third-order valence-corrected chi connectivity index (χ3v) is 3.23. The van der Waals surface area contributed by atoms with Gasteiger partial charge in [0.1, 0.15) is 5.75 Å². The Morgan fingerprint density at radius 3 is 2.63 bits per heavy atom. The Morgan fingerprint density at radius 2 is 2.00 bits per heavy atom. The van der Waals surface area contributed by atoms with Crippen molar-refractivity contribution in [3.8, 4) is 5.75 Å². The second-order valence-corrected chi connectivity index (χ2v) is 4.97. The summed E-state index contributed by atoms with van der Waals surface area (Å²) in [5.41, 5.74) is 0.563. The predicted octanol–water partition coefficient (Wildman–Crippen LogP) is 1.70. The van der Waals surface area contributed by atoms with E-state index in [0.29, 0.717) is 6.61 Å². The van der Waals surface area contributed by atoms with E-state index in [0.717, 1.165) is 30.7 Å². The van der Waals surface area contributed by atoms with Gasteiger partial charge in [-0.2, -0.15) is 0 Å². The highest BCUT2D eigenvalue weighted by molar-refractivity contribution is 5.32.